The van der Waals surface area contributed by atoms with Gasteiger partial charge >= 0.3 is 6.03 Å². The molecule has 0 radical (unpaired) electrons. The zero-order valence-electron chi connectivity index (χ0n) is 9.58. The number of fused-ring (bicyclic) bond motifs is 1. The molecule has 0 atom stereocenters. The number of carbonyl (C=O) groups excluding carboxylic acids is 1. The SMILES string of the molecule is Nc1ccc2c(c1)CN(C(=O)NCCCl)CC2. The molecule has 1 aliphatic heterocycles. The van der Waals surface area contributed by atoms with Crippen LogP contribution < -0.4 is 11.1 Å². The molecule has 1 aromatic carbocycles. The van der Waals surface area contributed by atoms with Crippen LogP contribution in [0.25, 0.3) is 0 Å². The van der Waals surface area contributed by atoms with Gasteiger partial charge in [0.25, 0.3) is 0 Å². The smallest absolute Gasteiger partial charge is 0.317 e. The second kappa shape index (κ2) is 5.27. The number of rotatable bonds is 2. The van der Waals surface area contributed by atoms with Crippen molar-refractivity contribution in [2.75, 3.05) is 24.7 Å². The maximum Gasteiger partial charge on any atom is 0.317 e. The summed E-state index contributed by atoms with van der Waals surface area (Å²) in [6, 6.07) is 5.83. The van der Waals surface area contributed by atoms with E-state index in [1.807, 2.05) is 18.2 Å². The summed E-state index contributed by atoms with van der Waals surface area (Å²) in [5.74, 6) is 0.434. The van der Waals surface area contributed by atoms with E-state index in [2.05, 4.69) is 5.32 Å². The highest BCUT2D eigenvalue weighted by molar-refractivity contribution is 6.18. The molecule has 0 fully saturated rings. The van der Waals surface area contributed by atoms with Gasteiger partial charge in [-0.15, -0.1) is 11.6 Å². The van der Waals surface area contributed by atoms with Crippen LogP contribution in [0, 0.1) is 0 Å². The third kappa shape index (κ3) is 2.82. The first kappa shape index (κ1) is 12.0. The zero-order chi connectivity index (χ0) is 12.3. The summed E-state index contributed by atoms with van der Waals surface area (Å²) in [7, 11) is 0. The second-order valence-corrected chi connectivity index (χ2v) is 4.50. The summed E-state index contributed by atoms with van der Waals surface area (Å²) in [6.07, 6.45) is 0.879. The lowest BCUT2D eigenvalue weighted by molar-refractivity contribution is 0.193. The molecule has 2 rings (SSSR count). The Morgan fingerprint density at radius 2 is 2.29 bits per heavy atom. The molecule has 92 valence electrons. The number of carbonyl (C=O) groups is 1. The van der Waals surface area contributed by atoms with Crippen LogP contribution in [0.15, 0.2) is 18.2 Å². The number of nitrogens with two attached hydrogens (primary N) is 1. The number of urea groups is 1. The predicted molar refractivity (Wildman–Crippen MR) is 69.1 cm³/mol. The van der Waals surface area contributed by atoms with Crippen molar-refractivity contribution in [1.29, 1.82) is 0 Å². The molecule has 0 aliphatic carbocycles. The lowest BCUT2D eigenvalue weighted by Crippen LogP contribution is -2.43. The number of amides is 2. The fraction of sp³-hybridized carbons (Fsp3) is 0.417. The lowest BCUT2D eigenvalue weighted by Gasteiger charge is -2.29. The van der Waals surface area contributed by atoms with Crippen molar-refractivity contribution < 1.29 is 4.79 Å². The molecule has 0 aromatic heterocycles. The van der Waals surface area contributed by atoms with Gasteiger partial charge in [-0.3, -0.25) is 0 Å². The number of nitrogens with one attached hydrogen (secondary N) is 1. The van der Waals surface area contributed by atoms with Crippen LogP contribution in [-0.4, -0.2) is 29.9 Å². The second-order valence-electron chi connectivity index (χ2n) is 4.12. The third-order valence-corrected chi connectivity index (χ3v) is 3.09. The van der Waals surface area contributed by atoms with Crippen LogP contribution >= 0.6 is 11.6 Å². The Kier molecular flexibility index (Phi) is 3.74. The largest absolute Gasteiger partial charge is 0.399 e. The summed E-state index contributed by atoms with van der Waals surface area (Å²) in [5, 5.41) is 2.77. The van der Waals surface area contributed by atoms with Crippen LogP contribution in [0.1, 0.15) is 11.1 Å². The van der Waals surface area contributed by atoms with Gasteiger partial charge in [-0.1, -0.05) is 6.07 Å². The van der Waals surface area contributed by atoms with Gasteiger partial charge in [0.1, 0.15) is 0 Å². The van der Waals surface area contributed by atoms with Crippen LogP contribution in [0.2, 0.25) is 0 Å². The van der Waals surface area contributed by atoms with Gasteiger partial charge in [0.15, 0.2) is 0 Å². The summed E-state index contributed by atoms with van der Waals surface area (Å²) in [5.41, 5.74) is 8.90. The summed E-state index contributed by atoms with van der Waals surface area (Å²) < 4.78 is 0. The molecule has 0 saturated heterocycles. The summed E-state index contributed by atoms with van der Waals surface area (Å²) in [4.78, 5) is 13.6. The van der Waals surface area contributed by atoms with Crippen molar-refractivity contribution >= 4 is 23.3 Å². The van der Waals surface area contributed by atoms with E-state index in [9.17, 15) is 4.79 Å². The van der Waals surface area contributed by atoms with E-state index in [0.717, 1.165) is 24.2 Å². The minimum atomic E-state index is -0.0567. The van der Waals surface area contributed by atoms with E-state index in [-0.39, 0.29) is 6.03 Å². The number of halogens is 1. The van der Waals surface area contributed by atoms with Gasteiger partial charge < -0.3 is 16.0 Å². The average molecular weight is 254 g/mol. The first-order valence-corrected chi connectivity index (χ1v) is 6.20. The number of benzene rings is 1. The van der Waals surface area contributed by atoms with Crippen LogP contribution in [0.5, 0.6) is 0 Å². The summed E-state index contributed by atoms with van der Waals surface area (Å²) >= 11 is 5.54. The standard InChI is InChI=1S/C12H16ClN3O/c13-4-5-15-12(17)16-6-3-9-1-2-11(14)7-10(9)8-16/h1-2,7H,3-6,8,14H2,(H,15,17). The Morgan fingerprint density at radius 1 is 1.47 bits per heavy atom. The van der Waals surface area contributed by atoms with E-state index < -0.39 is 0 Å². The Bertz CT molecular complexity index is 422. The molecule has 1 aliphatic rings. The van der Waals surface area contributed by atoms with Crippen LogP contribution in [0.4, 0.5) is 10.5 Å². The molecular weight excluding hydrogens is 238 g/mol. The number of hydrogen-bond acceptors (Lipinski definition) is 2. The normalized spacial score (nSPS) is 14.3. The number of hydrogen-bond donors (Lipinski definition) is 2. The Hall–Kier alpha value is -1.42. The minimum Gasteiger partial charge on any atom is -0.399 e. The molecule has 0 saturated carbocycles. The quantitative estimate of drug-likeness (QED) is 0.621. The molecule has 2 amide bonds. The number of nitrogens with zero attached hydrogens (tertiary/aromatic N) is 1. The van der Waals surface area contributed by atoms with Crippen molar-refractivity contribution in [3.05, 3.63) is 29.3 Å². The average Bonchev–Trinajstić information content (AvgIpc) is 2.35. The van der Waals surface area contributed by atoms with Gasteiger partial charge in [-0.2, -0.15) is 0 Å². The van der Waals surface area contributed by atoms with Crippen molar-refractivity contribution in [2.24, 2.45) is 0 Å². The highest BCUT2D eigenvalue weighted by atomic mass is 35.5. The fourth-order valence-electron chi connectivity index (χ4n) is 2.02. The zero-order valence-corrected chi connectivity index (χ0v) is 10.3. The van der Waals surface area contributed by atoms with Crippen molar-refractivity contribution in [3.8, 4) is 0 Å². The van der Waals surface area contributed by atoms with Crippen molar-refractivity contribution in [1.82, 2.24) is 10.2 Å². The van der Waals surface area contributed by atoms with Crippen molar-refractivity contribution in [3.63, 3.8) is 0 Å². The monoisotopic (exact) mass is 253 g/mol. The van der Waals surface area contributed by atoms with Crippen LogP contribution in [0.3, 0.4) is 0 Å². The van der Waals surface area contributed by atoms with Gasteiger partial charge in [0.2, 0.25) is 0 Å². The Morgan fingerprint density at radius 3 is 3.06 bits per heavy atom. The summed E-state index contributed by atoms with van der Waals surface area (Å²) in [6.45, 7) is 1.86. The topological polar surface area (TPSA) is 58.4 Å². The highest BCUT2D eigenvalue weighted by Crippen LogP contribution is 2.21. The van der Waals surface area contributed by atoms with Gasteiger partial charge in [0, 0.05) is 31.2 Å². The molecule has 0 unspecified atom stereocenters. The molecule has 17 heavy (non-hydrogen) atoms. The first-order valence-electron chi connectivity index (χ1n) is 5.66. The number of nitrogen functional groups attached to an aromatic ring is 1. The lowest BCUT2D eigenvalue weighted by atomic mass is 9.99. The predicted octanol–water partition coefficient (Wildman–Crippen LogP) is 1.58. The van der Waals surface area contributed by atoms with Gasteiger partial charge in [-0.25, -0.2) is 4.79 Å². The van der Waals surface area contributed by atoms with Gasteiger partial charge in [0.05, 0.1) is 0 Å². The minimum absolute atomic E-state index is 0.0567. The number of anilines is 1. The van der Waals surface area contributed by atoms with E-state index >= 15 is 0 Å². The molecular formula is C12H16ClN3O. The highest BCUT2D eigenvalue weighted by Gasteiger charge is 2.20. The molecule has 4 nitrogen and oxygen atoms in total. The third-order valence-electron chi connectivity index (χ3n) is 2.90. The molecule has 3 N–H and O–H groups in total. The fourth-order valence-corrected chi connectivity index (χ4v) is 2.11. The Labute approximate surface area is 106 Å². The molecule has 0 spiro atoms. The van der Waals surface area contributed by atoms with E-state index in [1.54, 1.807) is 4.90 Å². The van der Waals surface area contributed by atoms with E-state index in [1.165, 1.54) is 5.56 Å². The van der Waals surface area contributed by atoms with Crippen molar-refractivity contribution in [2.45, 2.75) is 13.0 Å². The molecule has 1 aromatic rings. The Balaban J connectivity index is 2.04. The maximum atomic E-state index is 11.8. The first-order chi connectivity index (χ1) is 8.20. The van der Waals surface area contributed by atoms with E-state index in [4.69, 9.17) is 17.3 Å². The van der Waals surface area contributed by atoms with E-state index in [0.29, 0.717) is 19.0 Å². The van der Waals surface area contributed by atoms with Gasteiger partial charge in [-0.05, 0) is 29.7 Å². The van der Waals surface area contributed by atoms with Crippen LogP contribution in [-0.2, 0) is 13.0 Å². The molecule has 0 bridgehead atoms. The molecule has 1 heterocycles. The molecule has 5 heteroatoms. The maximum absolute atomic E-state index is 11.8. The number of alkyl halides is 1.